The molecule has 2 rings (SSSR count). The van der Waals surface area contributed by atoms with Crippen molar-refractivity contribution in [3.63, 3.8) is 0 Å². The summed E-state index contributed by atoms with van der Waals surface area (Å²) in [4.78, 5) is 49.5. The van der Waals surface area contributed by atoms with E-state index in [0.717, 1.165) is 10.5 Å². The number of hydrogen-bond donors (Lipinski definition) is 0. The van der Waals surface area contributed by atoms with Gasteiger partial charge in [-0.25, -0.2) is 9.59 Å². The zero-order valence-electron chi connectivity index (χ0n) is 15.8. The highest BCUT2D eigenvalue weighted by atomic mass is 16.6. The molecular formula is C20H25NO6. The van der Waals surface area contributed by atoms with Crippen molar-refractivity contribution in [1.82, 2.24) is 4.90 Å². The number of nitrogens with zero attached hydrogens (tertiary/aromatic N) is 1. The highest BCUT2D eigenvalue weighted by Gasteiger charge is 2.46. The molecular weight excluding hydrogens is 350 g/mol. The molecule has 0 bridgehead atoms. The van der Waals surface area contributed by atoms with Gasteiger partial charge in [0.05, 0.1) is 6.04 Å². The average molecular weight is 375 g/mol. The first-order valence-electron chi connectivity index (χ1n) is 8.89. The number of carbonyl (C=O) groups is 4. The monoisotopic (exact) mass is 375 g/mol. The number of benzene rings is 1. The SMILES string of the molecule is CC(C)(C)OC(=O)[C@@H]1[C@@H](C=O)CC[C@@H](C=O)N1C(=O)OCc1ccccc1. The number of rotatable bonds is 5. The molecule has 1 aromatic carbocycles. The van der Waals surface area contributed by atoms with E-state index in [1.54, 1.807) is 32.9 Å². The maximum atomic E-state index is 12.7. The fraction of sp³-hybridized carbons (Fsp3) is 0.500. The predicted octanol–water partition coefficient (Wildman–Crippen LogP) is 2.51. The Labute approximate surface area is 158 Å². The van der Waals surface area contributed by atoms with Gasteiger partial charge in [-0.3, -0.25) is 4.90 Å². The Morgan fingerprint density at radius 2 is 1.78 bits per heavy atom. The Bertz CT molecular complexity index is 681. The quantitative estimate of drug-likeness (QED) is 0.580. The van der Waals surface area contributed by atoms with Gasteiger partial charge in [0.1, 0.15) is 30.8 Å². The van der Waals surface area contributed by atoms with Crippen LogP contribution < -0.4 is 0 Å². The van der Waals surface area contributed by atoms with Crippen LogP contribution in [0.1, 0.15) is 39.2 Å². The summed E-state index contributed by atoms with van der Waals surface area (Å²) in [5, 5.41) is 0. The lowest BCUT2D eigenvalue weighted by Crippen LogP contribution is -2.59. The molecule has 0 unspecified atom stereocenters. The Morgan fingerprint density at radius 1 is 1.11 bits per heavy atom. The van der Waals surface area contributed by atoms with Crippen LogP contribution in [-0.2, 0) is 30.5 Å². The van der Waals surface area contributed by atoms with Crippen LogP contribution in [0, 0.1) is 5.92 Å². The van der Waals surface area contributed by atoms with Crippen molar-refractivity contribution in [3.05, 3.63) is 35.9 Å². The summed E-state index contributed by atoms with van der Waals surface area (Å²) in [6.45, 7) is 5.07. The molecule has 0 aliphatic carbocycles. The van der Waals surface area contributed by atoms with Crippen molar-refractivity contribution in [2.45, 2.75) is 57.9 Å². The molecule has 7 nitrogen and oxygen atoms in total. The molecule has 0 radical (unpaired) electrons. The van der Waals surface area contributed by atoms with Crippen LogP contribution >= 0.6 is 0 Å². The number of amides is 1. The van der Waals surface area contributed by atoms with Gasteiger partial charge >= 0.3 is 12.1 Å². The van der Waals surface area contributed by atoms with Crippen LogP contribution in [0.5, 0.6) is 0 Å². The van der Waals surface area contributed by atoms with Gasteiger partial charge in [-0.2, -0.15) is 0 Å². The summed E-state index contributed by atoms with van der Waals surface area (Å²) in [6, 6.07) is 7.01. The second-order valence-electron chi connectivity index (χ2n) is 7.51. The molecule has 1 aliphatic rings. The zero-order chi connectivity index (χ0) is 20.0. The molecule has 1 aliphatic heterocycles. The molecule has 0 aromatic heterocycles. The van der Waals surface area contributed by atoms with Crippen LogP contribution in [0.15, 0.2) is 30.3 Å². The van der Waals surface area contributed by atoms with E-state index < -0.39 is 35.7 Å². The van der Waals surface area contributed by atoms with Gasteiger partial charge in [-0.15, -0.1) is 0 Å². The van der Waals surface area contributed by atoms with E-state index >= 15 is 0 Å². The fourth-order valence-electron chi connectivity index (χ4n) is 3.04. The Hall–Kier alpha value is -2.70. The van der Waals surface area contributed by atoms with E-state index in [0.29, 0.717) is 19.0 Å². The van der Waals surface area contributed by atoms with Crippen molar-refractivity contribution in [1.29, 1.82) is 0 Å². The van der Waals surface area contributed by atoms with E-state index in [4.69, 9.17) is 9.47 Å². The first-order valence-corrected chi connectivity index (χ1v) is 8.89. The highest BCUT2D eigenvalue weighted by molar-refractivity contribution is 5.87. The van der Waals surface area contributed by atoms with E-state index in [1.165, 1.54) is 0 Å². The van der Waals surface area contributed by atoms with Crippen molar-refractivity contribution in [2.24, 2.45) is 5.92 Å². The molecule has 1 amide bonds. The lowest BCUT2D eigenvalue weighted by molar-refractivity contribution is -0.166. The van der Waals surface area contributed by atoms with Gasteiger partial charge in [0.2, 0.25) is 0 Å². The molecule has 1 fully saturated rings. The van der Waals surface area contributed by atoms with Crippen LogP contribution in [0.3, 0.4) is 0 Å². The minimum absolute atomic E-state index is 0.00541. The number of likely N-dealkylation sites (tertiary alicyclic amines) is 1. The van der Waals surface area contributed by atoms with Crippen LogP contribution in [-0.4, -0.2) is 47.2 Å². The first-order chi connectivity index (χ1) is 12.8. The van der Waals surface area contributed by atoms with Crippen molar-refractivity contribution in [2.75, 3.05) is 0 Å². The summed E-state index contributed by atoms with van der Waals surface area (Å²) >= 11 is 0. The standard InChI is InChI=1S/C20H25NO6/c1-20(2,3)27-18(24)17-15(11-22)9-10-16(12-23)21(17)19(25)26-13-14-7-5-4-6-8-14/h4-8,11-12,15-17H,9-10,13H2,1-3H3/t15-,16+,17+/m1/s1. The predicted molar refractivity (Wildman–Crippen MR) is 96.7 cm³/mol. The van der Waals surface area contributed by atoms with Gasteiger partial charge in [0.25, 0.3) is 0 Å². The average Bonchev–Trinajstić information content (AvgIpc) is 2.64. The number of esters is 1. The van der Waals surface area contributed by atoms with E-state index in [2.05, 4.69) is 0 Å². The van der Waals surface area contributed by atoms with Gasteiger partial charge in [0, 0.05) is 5.92 Å². The molecule has 27 heavy (non-hydrogen) atoms. The number of piperidine rings is 1. The summed E-state index contributed by atoms with van der Waals surface area (Å²) in [6.07, 6.45) is 1.01. The molecule has 1 heterocycles. The van der Waals surface area contributed by atoms with E-state index in [9.17, 15) is 19.2 Å². The number of ether oxygens (including phenoxy) is 2. The summed E-state index contributed by atoms with van der Waals surface area (Å²) < 4.78 is 10.7. The molecule has 146 valence electrons. The van der Waals surface area contributed by atoms with E-state index in [1.807, 2.05) is 18.2 Å². The molecule has 1 aromatic rings. The van der Waals surface area contributed by atoms with Crippen LogP contribution in [0.2, 0.25) is 0 Å². The third-order valence-corrected chi connectivity index (χ3v) is 4.25. The third kappa shape index (κ3) is 5.39. The molecule has 0 N–H and O–H groups in total. The van der Waals surface area contributed by atoms with Gasteiger partial charge in [-0.1, -0.05) is 30.3 Å². The van der Waals surface area contributed by atoms with Gasteiger partial charge in [0.15, 0.2) is 0 Å². The maximum Gasteiger partial charge on any atom is 0.411 e. The number of carbonyl (C=O) groups excluding carboxylic acids is 4. The Kier molecular flexibility index (Phi) is 6.71. The molecule has 7 heteroatoms. The number of hydrogen-bond acceptors (Lipinski definition) is 6. The molecule has 0 spiro atoms. The first kappa shape index (κ1) is 20.6. The van der Waals surface area contributed by atoms with Gasteiger partial charge < -0.3 is 19.1 Å². The number of aldehydes is 2. The van der Waals surface area contributed by atoms with Crippen molar-refractivity contribution >= 4 is 24.6 Å². The second-order valence-corrected chi connectivity index (χ2v) is 7.51. The zero-order valence-corrected chi connectivity index (χ0v) is 15.8. The lowest BCUT2D eigenvalue weighted by atomic mass is 9.86. The molecule has 0 saturated carbocycles. The van der Waals surface area contributed by atoms with Crippen LogP contribution in [0.25, 0.3) is 0 Å². The maximum absolute atomic E-state index is 12.7. The van der Waals surface area contributed by atoms with Crippen molar-refractivity contribution < 1.29 is 28.7 Å². The minimum Gasteiger partial charge on any atom is -0.458 e. The third-order valence-electron chi connectivity index (χ3n) is 4.25. The second kappa shape index (κ2) is 8.79. The summed E-state index contributed by atoms with van der Waals surface area (Å²) in [5.74, 6) is -1.47. The topological polar surface area (TPSA) is 90.0 Å². The molecule has 1 saturated heterocycles. The lowest BCUT2D eigenvalue weighted by Gasteiger charge is -2.41. The minimum atomic E-state index is -1.19. The van der Waals surface area contributed by atoms with E-state index in [-0.39, 0.29) is 13.0 Å². The Morgan fingerprint density at radius 3 is 2.33 bits per heavy atom. The summed E-state index contributed by atoms with van der Waals surface area (Å²) in [5.41, 5.74) is -0.0237. The van der Waals surface area contributed by atoms with Crippen LogP contribution in [0.4, 0.5) is 4.79 Å². The highest BCUT2D eigenvalue weighted by Crippen LogP contribution is 2.29. The van der Waals surface area contributed by atoms with Crippen molar-refractivity contribution in [3.8, 4) is 0 Å². The normalized spacial score (nSPS) is 22.6. The largest absolute Gasteiger partial charge is 0.458 e. The Balaban J connectivity index is 2.24. The summed E-state index contributed by atoms with van der Waals surface area (Å²) in [7, 11) is 0. The fourth-order valence-corrected chi connectivity index (χ4v) is 3.04. The van der Waals surface area contributed by atoms with Gasteiger partial charge in [-0.05, 0) is 39.2 Å². The smallest absolute Gasteiger partial charge is 0.411 e. The molecule has 3 atom stereocenters.